The van der Waals surface area contributed by atoms with Gasteiger partial charge in [0.2, 0.25) is 0 Å². The molecule has 0 amide bonds. The van der Waals surface area contributed by atoms with Gasteiger partial charge in [-0.05, 0) is 30.7 Å². The van der Waals surface area contributed by atoms with Gasteiger partial charge in [0.15, 0.2) is 0 Å². The maximum atomic E-state index is 11.5. The molecule has 1 saturated carbocycles. The maximum Gasteiger partial charge on any atom is 0.340 e. The van der Waals surface area contributed by atoms with Gasteiger partial charge in [0, 0.05) is 12.7 Å². The summed E-state index contributed by atoms with van der Waals surface area (Å²) in [5.74, 6) is 0.142. The molecule has 3 N–H and O–H groups in total. The fourth-order valence-electron chi connectivity index (χ4n) is 2.40. The van der Waals surface area contributed by atoms with E-state index in [1.807, 2.05) is 0 Å². The van der Waals surface area contributed by atoms with E-state index in [2.05, 4.69) is 17.2 Å². The van der Waals surface area contributed by atoms with E-state index in [0.29, 0.717) is 22.5 Å². The van der Waals surface area contributed by atoms with Gasteiger partial charge < -0.3 is 15.8 Å². The molecule has 0 unspecified atom stereocenters. The summed E-state index contributed by atoms with van der Waals surface area (Å²) in [5.41, 5.74) is 7.09. The predicted octanol–water partition coefficient (Wildman–Crippen LogP) is 2.44. The summed E-state index contributed by atoms with van der Waals surface area (Å²) in [5, 5.41) is 3.28. The Morgan fingerprint density at radius 2 is 2.32 bits per heavy atom. The Morgan fingerprint density at radius 1 is 1.58 bits per heavy atom. The van der Waals surface area contributed by atoms with Gasteiger partial charge in [-0.3, -0.25) is 0 Å². The second-order valence-electron chi connectivity index (χ2n) is 5.22. The van der Waals surface area contributed by atoms with Crippen LogP contribution in [-0.2, 0) is 4.74 Å². The maximum absolute atomic E-state index is 11.5. The Balaban J connectivity index is 2.07. The SMILES string of the molecule is CCCC1(CNc2nccc(C(=O)OC)c2N)CC1. The Kier molecular flexibility index (Phi) is 3.93. The third-order valence-corrected chi connectivity index (χ3v) is 3.76. The normalized spacial score (nSPS) is 15.9. The lowest BCUT2D eigenvalue weighted by Gasteiger charge is -2.17. The van der Waals surface area contributed by atoms with Crippen LogP contribution in [0, 0.1) is 5.41 Å². The van der Waals surface area contributed by atoms with Crippen molar-refractivity contribution in [3.05, 3.63) is 17.8 Å². The van der Waals surface area contributed by atoms with Gasteiger partial charge in [-0.15, -0.1) is 0 Å². The molecule has 0 atom stereocenters. The fraction of sp³-hybridized carbons (Fsp3) is 0.571. The monoisotopic (exact) mass is 263 g/mol. The van der Waals surface area contributed by atoms with Crippen LogP contribution >= 0.6 is 0 Å². The number of carbonyl (C=O) groups is 1. The van der Waals surface area contributed by atoms with Crippen LogP contribution in [0.25, 0.3) is 0 Å². The van der Waals surface area contributed by atoms with E-state index in [1.54, 1.807) is 12.3 Å². The number of rotatable bonds is 6. The Hall–Kier alpha value is -1.78. The molecule has 2 rings (SSSR count). The number of nitrogen functional groups attached to an aromatic ring is 1. The number of nitrogens with one attached hydrogen (secondary N) is 1. The van der Waals surface area contributed by atoms with Crippen molar-refractivity contribution in [1.82, 2.24) is 4.98 Å². The van der Waals surface area contributed by atoms with E-state index >= 15 is 0 Å². The average Bonchev–Trinajstić information content (AvgIpc) is 3.17. The molecule has 1 heterocycles. The van der Waals surface area contributed by atoms with Gasteiger partial charge >= 0.3 is 5.97 Å². The van der Waals surface area contributed by atoms with Crippen molar-refractivity contribution in [2.24, 2.45) is 5.41 Å². The number of esters is 1. The predicted molar refractivity (Wildman–Crippen MR) is 75.1 cm³/mol. The van der Waals surface area contributed by atoms with E-state index in [1.165, 1.54) is 32.8 Å². The molecule has 0 bridgehead atoms. The van der Waals surface area contributed by atoms with Crippen LogP contribution in [0.1, 0.15) is 43.0 Å². The minimum absolute atomic E-state index is 0.361. The van der Waals surface area contributed by atoms with Gasteiger partial charge in [-0.2, -0.15) is 0 Å². The van der Waals surface area contributed by atoms with Crippen molar-refractivity contribution in [1.29, 1.82) is 0 Å². The zero-order valence-corrected chi connectivity index (χ0v) is 11.5. The highest BCUT2D eigenvalue weighted by Crippen LogP contribution is 2.49. The van der Waals surface area contributed by atoms with Gasteiger partial charge in [0.1, 0.15) is 5.82 Å². The fourth-order valence-corrected chi connectivity index (χ4v) is 2.40. The van der Waals surface area contributed by atoms with Gasteiger partial charge in [0.25, 0.3) is 0 Å². The molecule has 1 aliphatic rings. The summed E-state index contributed by atoms with van der Waals surface area (Å²) < 4.78 is 4.69. The topological polar surface area (TPSA) is 77.2 Å². The van der Waals surface area contributed by atoms with E-state index in [9.17, 15) is 4.79 Å². The molecule has 0 saturated heterocycles. The molecule has 5 nitrogen and oxygen atoms in total. The molecule has 1 fully saturated rings. The lowest BCUT2D eigenvalue weighted by atomic mass is 10.0. The zero-order valence-electron chi connectivity index (χ0n) is 11.5. The molecule has 1 aromatic rings. The van der Waals surface area contributed by atoms with Gasteiger partial charge in [-0.1, -0.05) is 13.3 Å². The first kappa shape index (κ1) is 13.6. The third-order valence-electron chi connectivity index (χ3n) is 3.76. The number of aromatic nitrogens is 1. The number of anilines is 2. The lowest BCUT2D eigenvalue weighted by molar-refractivity contribution is 0.0602. The highest BCUT2D eigenvalue weighted by molar-refractivity contribution is 5.97. The van der Waals surface area contributed by atoms with Crippen molar-refractivity contribution >= 4 is 17.5 Å². The largest absolute Gasteiger partial charge is 0.465 e. The number of nitrogens with two attached hydrogens (primary N) is 1. The Bertz CT molecular complexity index is 470. The standard InChI is InChI=1S/C14H21N3O2/c1-3-5-14(6-7-14)9-17-12-11(15)10(4-8-16-12)13(18)19-2/h4,8H,3,5-7,9,15H2,1-2H3,(H,16,17). The summed E-state index contributed by atoms with van der Waals surface area (Å²) in [4.78, 5) is 15.7. The molecule has 0 spiro atoms. The van der Waals surface area contributed by atoms with E-state index < -0.39 is 5.97 Å². The number of pyridine rings is 1. The average molecular weight is 263 g/mol. The first-order valence-electron chi connectivity index (χ1n) is 6.68. The Labute approximate surface area is 113 Å². The molecule has 5 heteroatoms. The molecule has 0 radical (unpaired) electrons. The minimum Gasteiger partial charge on any atom is -0.465 e. The molecular weight excluding hydrogens is 242 g/mol. The third kappa shape index (κ3) is 2.97. The summed E-state index contributed by atoms with van der Waals surface area (Å²) in [6, 6.07) is 1.57. The molecule has 0 aliphatic heterocycles. The molecular formula is C14H21N3O2. The van der Waals surface area contributed by atoms with Crippen LogP contribution in [0.2, 0.25) is 0 Å². The summed E-state index contributed by atoms with van der Waals surface area (Å²) in [6.45, 7) is 3.06. The molecule has 1 aliphatic carbocycles. The van der Waals surface area contributed by atoms with Crippen LogP contribution in [0.3, 0.4) is 0 Å². The van der Waals surface area contributed by atoms with E-state index in [-0.39, 0.29) is 0 Å². The number of hydrogen-bond acceptors (Lipinski definition) is 5. The van der Waals surface area contributed by atoms with Crippen LogP contribution in [0.5, 0.6) is 0 Å². The quantitative estimate of drug-likeness (QED) is 0.771. The molecule has 1 aromatic heterocycles. The lowest BCUT2D eigenvalue weighted by Crippen LogP contribution is -2.18. The number of nitrogens with zero attached hydrogens (tertiary/aromatic N) is 1. The number of methoxy groups -OCH3 is 1. The van der Waals surface area contributed by atoms with E-state index in [0.717, 1.165) is 6.54 Å². The van der Waals surface area contributed by atoms with Gasteiger partial charge in [-0.25, -0.2) is 9.78 Å². The molecule has 104 valence electrons. The highest BCUT2D eigenvalue weighted by atomic mass is 16.5. The van der Waals surface area contributed by atoms with Crippen LogP contribution in [0.15, 0.2) is 12.3 Å². The van der Waals surface area contributed by atoms with Crippen molar-refractivity contribution in [2.45, 2.75) is 32.6 Å². The molecule has 19 heavy (non-hydrogen) atoms. The van der Waals surface area contributed by atoms with Crippen LogP contribution in [-0.4, -0.2) is 24.6 Å². The van der Waals surface area contributed by atoms with E-state index in [4.69, 9.17) is 10.5 Å². The minimum atomic E-state index is -0.433. The second kappa shape index (κ2) is 5.47. The second-order valence-corrected chi connectivity index (χ2v) is 5.22. The number of hydrogen-bond donors (Lipinski definition) is 2. The van der Waals surface area contributed by atoms with Crippen molar-refractivity contribution in [3.63, 3.8) is 0 Å². The Morgan fingerprint density at radius 3 is 2.89 bits per heavy atom. The first-order chi connectivity index (χ1) is 9.12. The van der Waals surface area contributed by atoms with Crippen LogP contribution in [0.4, 0.5) is 11.5 Å². The summed E-state index contributed by atoms with van der Waals surface area (Å²) in [7, 11) is 1.34. The van der Waals surface area contributed by atoms with Crippen LogP contribution < -0.4 is 11.1 Å². The summed E-state index contributed by atoms with van der Waals surface area (Å²) >= 11 is 0. The molecule has 0 aromatic carbocycles. The number of carbonyl (C=O) groups excluding carboxylic acids is 1. The number of ether oxygens (including phenoxy) is 1. The smallest absolute Gasteiger partial charge is 0.340 e. The highest BCUT2D eigenvalue weighted by Gasteiger charge is 2.41. The van der Waals surface area contributed by atoms with Crippen molar-refractivity contribution in [3.8, 4) is 0 Å². The summed E-state index contributed by atoms with van der Waals surface area (Å²) in [6.07, 6.45) is 6.49. The first-order valence-corrected chi connectivity index (χ1v) is 6.68. The van der Waals surface area contributed by atoms with Crippen molar-refractivity contribution < 1.29 is 9.53 Å². The van der Waals surface area contributed by atoms with Gasteiger partial charge in [0.05, 0.1) is 18.4 Å². The zero-order chi connectivity index (χ0) is 13.9. The van der Waals surface area contributed by atoms with Crippen molar-refractivity contribution in [2.75, 3.05) is 24.7 Å².